The molecule has 2 aromatic heterocycles. The molecule has 5 nitrogen and oxygen atoms in total. The molecule has 0 fully saturated rings. The zero-order valence-corrected chi connectivity index (χ0v) is 19.1. The van der Waals surface area contributed by atoms with Gasteiger partial charge in [-0.15, -0.1) is 0 Å². The molecule has 0 aliphatic carbocycles. The van der Waals surface area contributed by atoms with E-state index in [0.717, 1.165) is 16.8 Å². The van der Waals surface area contributed by atoms with E-state index in [2.05, 4.69) is 10.1 Å². The van der Waals surface area contributed by atoms with Gasteiger partial charge < -0.3 is 4.52 Å². The van der Waals surface area contributed by atoms with Crippen LogP contribution in [0.1, 0.15) is 32.2 Å². The predicted octanol–water partition coefficient (Wildman–Crippen LogP) is 7.16. The highest BCUT2D eigenvalue weighted by atomic mass is 35.5. The largest absolute Gasteiger partial charge is 0.332 e. The molecule has 0 radical (unpaired) electrons. The van der Waals surface area contributed by atoms with Gasteiger partial charge in [-0.25, -0.2) is 4.68 Å². The topological polar surface area (TPSA) is 56.7 Å². The molecule has 0 amide bonds. The quantitative estimate of drug-likeness (QED) is 0.325. The molecule has 0 aliphatic heterocycles. The fourth-order valence-electron chi connectivity index (χ4n) is 3.10. The lowest BCUT2D eigenvalue weighted by Crippen LogP contribution is -2.13. The highest BCUT2D eigenvalue weighted by molar-refractivity contribution is 6.35. The fraction of sp³-hybridized carbons (Fsp3) is 0.227. The Morgan fingerprint density at radius 2 is 1.60 bits per heavy atom. The van der Waals surface area contributed by atoms with Crippen LogP contribution in [-0.4, -0.2) is 19.9 Å². The van der Waals surface area contributed by atoms with Crippen LogP contribution in [0.5, 0.6) is 0 Å². The van der Waals surface area contributed by atoms with Crippen molar-refractivity contribution in [1.82, 2.24) is 19.9 Å². The molecule has 2 aromatic carbocycles. The second kappa shape index (κ2) is 7.73. The van der Waals surface area contributed by atoms with Gasteiger partial charge in [-0.2, -0.15) is 10.1 Å². The van der Waals surface area contributed by atoms with Gasteiger partial charge in [0.15, 0.2) is 11.5 Å². The summed E-state index contributed by atoms with van der Waals surface area (Å²) in [5.74, 6) is 0.973. The Morgan fingerprint density at radius 1 is 0.933 bits per heavy atom. The minimum atomic E-state index is -0.239. The molecule has 30 heavy (non-hydrogen) atoms. The maximum absolute atomic E-state index is 6.50. The number of hydrogen-bond acceptors (Lipinski definition) is 4. The lowest BCUT2D eigenvalue weighted by atomic mass is 9.96. The monoisotopic (exact) mass is 460 g/mol. The summed E-state index contributed by atoms with van der Waals surface area (Å²) in [6.45, 7) is 8.05. The van der Waals surface area contributed by atoms with E-state index in [4.69, 9.17) is 44.4 Å². The van der Waals surface area contributed by atoms with Gasteiger partial charge in [-0.3, -0.25) is 0 Å². The molecule has 0 spiro atoms. The Balaban J connectivity index is 1.95. The van der Waals surface area contributed by atoms with Crippen LogP contribution >= 0.6 is 34.8 Å². The van der Waals surface area contributed by atoms with E-state index in [0.29, 0.717) is 38.2 Å². The van der Waals surface area contributed by atoms with Gasteiger partial charge in [0.2, 0.25) is 0 Å². The second-order valence-electron chi connectivity index (χ2n) is 8.01. The maximum Gasteiger partial charge on any atom is 0.278 e. The first-order valence-electron chi connectivity index (χ1n) is 9.30. The van der Waals surface area contributed by atoms with Gasteiger partial charge in [0.25, 0.3) is 5.89 Å². The Kier molecular flexibility index (Phi) is 5.39. The maximum atomic E-state index is 6.50. The molecule has 0 N–H and O–H groups in total. The third-order valence-corrected chi connectivity index (χ3v) is 5.47. The lowest BCUT2D eigenvalue weighted by Gasteiger charge is -2.11. The van der Waals surface area contributed by atoms with E-state index in [9.17, 15) is 0 Å². The van der Waals surface area contributed by atoms with Crippen LogP contribution in [0.15, 0.2) is 47.0 Å². The van der Waals surface area contributed by atoms with Crippen molar-refractivity contribution in [3.8, 4) is 28.5 Å². The molecule has 4 aromatic rings. The lowest BCUT2D eigenvalue weighted by molar-refractivity contribution is 0.401. The SMILES string of the molecule is Cc1c(-c2nc(C(C)(C)C)no2)nn(-c2ccc(Cl)cc2Cl)c1-c1ccc(Cl)cc1. The van der Waals surface area contributed by atoms with Crippen LogP contribution < -0.4 is 0 Å². The molecule has 0 aliphatic rings. The smallest absolute Gasteiger partial charge is 0.278 e. The minimum absolute atomic E-state index is 0.239. The van der Waals surface area contributed by atoms with Gasteiger partial charge >= 0.3 is 0 Å². The fourth-order valence-corrected chi connectivity index (χ4v) is 3.71. The van der Waals surface area contributed by atoms with Crippen molar-refractivity contribution in [2.24, 2.45) is 0 Å². The summed E-state index contributed by atoms with van der Waals surface area (Å²) < 4.78 is 7.33. The third-order valence-electron chi connectivity index (χ3n) is 4.68. The Hall–Kier alpha value is -2.34. The Morgan fingerprint density at radius 3 is 2.20 bits per heavy atom. The zero-order valence-electron chi connectivity index (χ0n) is 16.9. The summed E-state index contributed by atoms with van der Waals surface area (Å²) in [7, 11) is 0. The first kappa shape index (κ1) is 20.9. The van der Waals surface area contributed by atoms with Crippen molar-refractivity contribution in [3.05, 3.63) is 68.9 Å². The molecule has 0 saturated heterocycles. The number of rotatable bonds is 3. The van der Waals surface area contributed by atoms with Crippen molar-refractivity contribution in [2.45, 2.75) is 33.1 Å². The molecule has 0 atom stereocenters. The van der Waals surface area contributed by atoms with Crippen molar-refractivity contribution in [2.75, 3.05) is 0 Å². The van der Waals surface area contributed by atoms with E-state index in [1.165, 1.54) is 0 Å². The first-order valence-corrected chi connectivity index (χ1v) is 10.4. The molecule has 0 unspecified atom stereocenters. The van der Waals surface area contributed by atoms with Crippen LogP contribution in [-0.2, 0) is 5.41 Å². The molecular weight excluding hydrogens is 443 g/mol. The van der Waals surface area contributed by atoms with Crippen LogP contribution in [0.3, 0.4) is 0 Å². The highest BCUT2D eigenvalue weighted by Gasteiger charge is 2.26. The number of halogens is 3. The van der Waals surface area contributed by atoms with E-state index < -0.39 is 0 Å². The van der Waals surface area contributed by atoms with Crippen LogP contribution in [0.25, 0.3) is 28.5 Å². The Labute approximate surface area is 189 Å². The molecule has 0 saturated carbocycles. The molecule has 8 heteroatoms. The average Bonchev–Trinajstić information content (AvgIpc) is 3.28. The van der Waals surface area contributed by atoms with Crippen molar-refractivity contribution in [1.29, 1.82) is 0 Å². The summed E-state index contributed by atoms with van der Waals surface area (Å²) >= 11 is 18.7. The van der Waals surface area contributed by atoms with E-state index in [-0.39, 0.29) is 5.41 Å². The minimum Gasteiger partial charge on any atom is -0.332 e. The zero-order chi connectivity index (χ0) is 21.6. The van der Waals surface area contributed by atoms with E-state index in [1.807, 2.05) is 58.0 Å². The Bertz CT molecular complexity index is 1220. The number of nitrogens with zero attached hydrogens (tertiary/aromatic N) is 4. The molecule has 4 rings (SSSR count). The standard InChI is InChI=1S/C22H19Cl3N4O/c1-12-18(20-26-21(28-30-20)22(2,3)4)27-29(17-10-9-15(24)11-16(17)25)19(12)13-5-7-14(23)8-6-13/h5-11H,1-4H3. The first-order chi connectivity index (χ1) is 14.1. The summed E-state index contributed by atoms with van der Waals surface area (Å²) in [5.41, 5.74) is 3.70. The summed E-state index contributed by atoms with van der Waals surface area (Å²) in [6.07, 6.45) is 0. The number of aromatic nitrogens is 4. The number of benzene rings is 2. The highest BCUT2D eigenvalue weighted by Crippen LogP contribution is 2.36. The average molecular weight is 462 g/mol. The van der Waals surface area contributed by atoms with Crippen LogP contribution in [0, 0.1) is 6.92 Å². The van der Waals surface area contributed by atoms with Gasteiger partial charge in [-0.05, 0) is 37.3 Å². The van der Waals surface area contributed by atoms with Gasteiger partial charge in [0, 0.05) is 26.6 Å². The van der Waals surface area contributed by atoms with Gasteiger partial charge in [0.05, 0.1) is 16.4 Å². The second-order valence-corrected chi connectivity index (χ2v) is 9.29. The molecule has 0 bridgehead atoms. The molecule has 154 valence electrons. The summed E-state index contributed by atoms with van der Waals surface area (Å²) in [5, 5.41) is 10.6. The van der Waals surface area contributed by atoms with E-state index in [1.54, 1.807) is 16.8 Å². The van der Waals surface area contributed by atoms with Crippen molar-refractivity contribution < 1.29 is 4.52 Å². The van der Waals surface area contributed by atoms with Crippen molar-refractivity contribution in [3.63, 3.8) is 0 Å². The number of hydrogen-bond donors (Lipinski definition) is 0. The predicted molar refractivity (Wildman–Crippen MR) is 121 cm³/mol. The third kappa shape index (κ3) is 3.85. The van der Waals surface area contributed by atoms with Gasteiger partial charge in [-0.1, -0.05) is 72.9 Å². The molecule has 2 heterocycles. The van der Waals surface area contributed by atoms with Gasteiger partial charge in [0.1, 0.15) is 0 Å². The van der Waals surface area contributed by atoms with Crippen molar-refractivity contribution >= 4 is 34.8 Å². The summed E-state index contributed by atoms with van der Waals surface area (Å²) in [4.78, 5) is 4.58. The normalized spacial score (nSPS) is 11.8. The van der Waals surface area contributed by atoms with Crippen LogP contribution in [0.4, 0.5) is 0 Å². The molecular formula is C22H19Cl3N4O. The summed E-state index contributed by atoms with van der Waals surface area (Å²) in [6, 6.07) is 12.8. The van der Waals surface area contributed by atoms with Crippen LogP contribution in [0.2, 0.25) is 15.1 Å². The van der Waals surface area contributed by atoms with E-state index >= 15 is 0 Å².